The summed E-state index contributed by atoms with van der Waals surface area (Å²) in [5, 5.41) is 4.59. The summed E-state index contributed by atoms with van der Waals surface area (Å²) in [6.07, 6.45) is 3.74. The Balaban J connectivity index is 1.82. The summed E-state index contributed by atoms with van der Waals surface area (Å²) >= 11 is 0. The Kier molecular flexibility index (Phi) is 3.71. The van der Waals surface area contributed by atoms with E-state index in [4.69, 9.17) is 0 Å². The van der Waals surface area contributed by atoms with E-state index in [1.54, 1.807) is 18.3 Å². The molecule has 2 aromatic carbocycles. The van der Waals surface area contributed by atoms with Crippen LogP contribution in [0, 0.1) is 5.82 Å². The van der Waals surface area contributed by atoms with Crippen molar-refractivity contribution in [1.82, 2.24) is 9.97 Å². The van der Waals surface area contributed by atoms with Gasteiger partial charge in [0.05, 0.1) is 6.04 Å². The largest absolute Gasteiger partial charge is 0.361 e. The fourth-order valence-electron chi connectivity index (χ4n) is 2.92. The number of aromatic amines is 1. The van der Waals surface area contributed by atoms with Gasteiger partial charge in [-0.05, 0) is 35.9 Å². The number of halogens is 1. The molecule has 4 aromatic rings. The summed E-state index contributed by atoms with van der Waals surface area (Å²) in [5.41, 5.74) is 3.15. The summed E-state index contributed by atoms with van der Waals surface area (Å²) in [6, 6.07) is 20.3. The highest BCUT2D eigenvalue weighted by atomic mass is 19.1. The summed E-state index contributed by atoms with van der Waals surface area (Å²) in [5.74, 6) is 0.534. The van der Waals surface area contributed by atoms with E-state index in [1.807, 2.05) is 42.6 Å². The molecule has 118 valence electrons. The number of anilines is 1. The molecule has 0 aliphatic heterocycles. The van der Waals surface area contributed by atoms with E-state index in [2.05, 4.69) is 21.4 Å². The Labute approximate surface area is 139 Å². The van der Waals surface area contributed by atoms with E-state index in [9.17, 15) is 4.39 Å². The predicted molar refractivity (Wildman–Crippen MR) is 94.4 cm³/mol. The first-order valence-electron chi connectivity index (χ1n) is 7.80. The van der Waals surface area contributed by atoms with Gasteiger partial charge in [0.1, 0.15) is 11.6 Å². The molecule has 0 unspecified atom stereocenters. The Bertz CT molecular complexity index is 945. The number of benzene rings is 2. The lowest BCUT2D eigenvalue weighted by atomic mass is 9.98. The topological polar surface area (TPSA) is 40.7 Å². The monoisotopic (exact) mass is 317 g/mol. The number of H-pyrrole nitrogens is 1. The quantitative estimate of drug-likeness (QED) is 0.562. The number of hydrogen-bond acceptors (Lipinski definition) is 2. The van der Waals surface area contributed by atoms with Crippen molar-refractivity contribution >= 4 is 16.7 Å². The number of para-hydroxylation sites is 1. The third kappa shape index (κ3) is 2.74. The van der Waals surface area contributed by atoms with Crippen molar-refractivity contribution < 1.29 is 4.39 Å². The number of pyridine rings is 1. The number of aromatic nitrogens is 2. The normalized spacial score (nSPS) is 12.2. The van der Waals surface area contributed by atoms with Gasteiger partial charge in [-0.2, -0.15) is 0 Å². The zero-order valence-corrected chi connectivity index (χ0v) is 12.9. The van der Waals surface area contributed by atoms with Crippen LogP contribution in [0.25, 0.3) is 10.9 Å². The molecule has 2 N–H and O–H groups in total. The molecule has 0 aliphatic rings. The molecule has 4 heteroatoms. The molecule has 0 fully saturated rings. The lowest BCUT2D eigenvalue weighted by Gasteiger charge is -2.20. The fourth-order valence-corrected chi connectivity index (χ4v) is 2.92. The van der Waals surface area contributed by atoms with Crippen molar-refractivity contribution in [1.29, 1.82) is 0 Å². The minimum Gasteiger partial charge on any atom is -0.361 e. The van der Waals surface area contributed by atoms with Crippen LogP contribution in [0.2, 0.25) is 0 Å². The lowest BCUT2D eigenvalue weighted by molar-refractivity contribution is 0.626. The highest BCUT2D eigenvalue weighted by Crippen LogP contribution is 2.31. The number of nitrogens with one attached hydrogen (secondary N) is 2. The molecule has 0 radical (unpaired) electrons. The van der Waals surface area contributed by atoms with Crippen LogP contribution in [0.3, 0.4) is 0 Å². The smallest absolute Gasteiger partial charge is 0.126 e. The molecule has 0 aliphatic carbocycles. The van der Waals surface area contributed by atoms with E-state index in [0.717, 1.165) is 27.8 Å². The number of nitrogens with zero attached hydrogens (tertiary/aromatic N) is 1. The van der Waals surface area contributed by atoms with Crippen LogP contribution in [-0.2, 0) is 0 Å². The zero-order valence-electron chi connectivity index (χ0n) is 12.9. The van der Waals surface area contributed by atoms with Crippen molar-refractivity contribution in [2.75, 3.05) is 5.32 Å². The average Bonchev–Trinajstić information content (AvgIpc) is 3.05. The van der Waals surface area contributed by atoms with Crippen molar-refractivity contribution in [2.45, 2.75) is 6.04 Å². The van der Waals surface area contributed by atoms with Crippen molar-refractivity contribution in [3.8, 4) is 0 Å². The summed E-state index contributed by atoms with van der Waals surface area (Å²) in [4.78, 5) is 7.66. The maximum atomic E-state index is 13.3. The summed E-state index contributed by atoms with van der Waals surface area (Å²) in [6.45, 7) is 0. The molecule has 0 amide bonds. The summed E-state index contributed by atoms with van der Waals surface area (Å²) < 4.78 is 13.3. The van der Waals surface area contributed by atoms with Gasteiger partial charge in [0.2, 0.25) is 0 Å². The Hall–Kier alpha value is -3.14. The minimum atomic E-state index is -0.241. The fraction of sp³-hybridized carbons (Fsp3) is 0.0500. The lowest BCUT2D eigenvalue weighted by Crippen LogP contribution is -2.13. The third-order valence-corrected chi connectivity index (χ3v) is 4.09. The first-order valence-corrected chi connectivity index (χ1v) is 7.80. The highest BCUT2D eigenvalue weighted by Gasteiger charge is 2.18. The van der Waals surface area contributed by atoms with Crippen LogP contribution < -0.4 is 5.32 Å². The number of hydrogen-bond donors (Lipinski definition) is 2. The second kappa shape index (κ2) is 6.16. The van der Waals surface area contributed by atoms with E-state index in [-0.39, 0.29) is 11.9 Å². The first kappa shape index (κ1) is 14.5. The summed E-state index contributed by atoms with van der Waals surface area (Å²) in [7, 11) is 0. The molecule has 1 atom stereocenters. The van der Waals surface area contributed by atoms with Gasteiger partial charge < -0.3 is 10.3 Å². The molecule has 3 nitrogen and oxygen atoms in total. The molecule has 0 saturated carbocycles. The van der Waals surface area contributed by atoms with E-state index in [0.29, 0.717) is 0 Å². The molecule has 0 saturated heterocycles. The minimum absolute atomic E-state index is 0.128. The second-order valence-electron chi connectivity index (χ2n) is 5.63. The molecule has 0 bridgehead atoms. The van der Waals surface area contributed by atoms with Gasteiger partial charge in [0, 0.05) is 28.9 Å². The molecule has 24 heavy (non-hydrogen) atoms. The first-order chi connectivity index (χ1) is 11.8. The standard InChI is InChI=1S/C20H16FN3/c21-15-10-8-14(9-11-15)20(24-19-7-3-4-12-22-19)17-13-23-18-6-2-1-5-16(17)18/h1-13,20,23H,(H,22,24)/t20-/m1/s1. The van der Waals surface area contributed by atoms with Crippen molar-refractivity contribution in [2.24, 2.45) is 0 Å². The molecule has 0 spiro atoms. The van der Waals surface area contributed by atoms with Gasteiger partial charge in [-0.25, -0.2) is 9.37 Å². The van der Waals surface area contributed by atoms with Crippen LogP contribution in [0.4, 0.5) is 10.2 Å². The van der Waals surface area contributed by atoms with E-state index in [1.165, 1.54) is 12.1 Å². The van der Waals surface area contributed by atoms with Gasteiger partial charge >= 0.3 is 0 Å². The Morgan fingerprint density at radius 1 is 0.917 bits per heavy atom. The predicted octanol–water partition coefficient (Wildman–Crippen LogP) is 4.90. The van der Waals surface area contributed by atoms with Crippen molar-refractivity contribution in [3.63, 3.8) is 0 Å². The number of fused-ring (bicyclic) bond motifs is 1. The zero-order chi connectivity index (χ0) is 16.4. The van der Waals surface area contributed by atoms with Gasteiger partial charge in [-0.15, -0.1) is 0 Å². The van der Waals surface area contributed by atoms with Gasteiger partial charge in [0.25, 0.3) is 0 Å². The maximum Gasteiger partial charge on any atom is 0.126 e. The SMILES string of the molecule is Fc1ccc([C@@H](Nc2ccccn2)c2c[nH]c3ccccc23)cc1. The van der Waals surface area contributed by atoms with Crippen LogP contribution in [0.1, 0.15) is 17.2 Å². The molecular formula is C20H16FN3. The van der Waals surface area contributed by atoms with Crippen LogP contribution in [-0.4, -0.2) is 9.97 Å². The van der Waals surface area contributed by atoms with Gasteiger partial charge in [-0.1, -0.05) is 36.4 Å². The number of rotatable bonds is 4. The van der Waals surface area contributed by atoms with E-state index >= 15 is 0 Å². The van der Waals surface area contributed by atoms with Gasteiger partial charge in [-0.3, -0.25) is 0 Å². The molecular weight excluding hydrogens is 301 g/mol. The average molecular weight is 317 g/mol. The van der Waals surface area contributed by atoms with Crippen LogP contribution in [0.5, 0.6) is 0 Å². The molecule has 4 rings (SSSR count). The highest BCUT2D eigenvalue weighted by molar-refractivity contribution is 5.84. The maximum absolute atomic E-state index is 13.3. The molecule has 2 heterocycles. The molecule has 2 aromatic heterocycles. The van der Waals surface area contributed by atoms with Crippen molar-refractivity contribution in [3.05, 3.63) is 96.1 Å². The Morgan fingerprint density at radius 3 is 2.50 bits per heavy atom. The Morgan fingerprint density at radius 2 is 1.71 bits per heavy atom. The van der Waals surface area contributed by atoms with Crippen LogP contribution in [0.15, 0.2) is 79.1 Å². The van der Waals surface area contributed by atoms with E-state index < -0.39 is 0 Å². The third-order valence-electron chi connectivity index (χ3n) is 4.09. The van der Waals surface area contributed by atoms with Crippen LogP contribution >= 0.6 is 0 Å². The second-order valence-corrected chi connectivity index (χ2v) is 5.63. The van der Waals surface area contributed by atoms with Gasteiger partial charge in [0.15, 0.2) is 0 Å².